The van der Waals surface area contributed by atoms with Gasteiger partial charge in [-0.25, -0.2) is 9.98 Å². The Balaban J connectivity index is 2.56. The highest BCUT2D eigenvalue weighted by molar-refractivity contribution is 8.13. The molecule has 0 radical (unpaired) electrons. The Labute approximate surface area is 130 Å². The van der Waals surface area contributed by atoms with E-state index in [4.69, 9.17) is 5.26 Å². The number of fused-ring (bicyclic) bond motifs is 1. The molecule has 0 spiro atoms. The van der Waals surface area contributed by atoms with Gasteiger partial charge >= 0.3 is 0 Å². The lowest BCUT2D eigenvalue weighted by Crippen LogP contribution is -2.12. The van der Waals surface area contributed by atoms with E-state index in [0.717, 1.165) is 21.5 Å². The van der Waals surface area contributed by atoms with Crippen LogP contribution in [0.25, 0.3) is 10.2 Å². The molecule has 1 amide bonds. The molecule has 1 aromatic heterocycles. The maximum absolute atomic E-state index is 11.1. The molecule has 108 valence electrons. The van der Waals surface area contributed by atoms with Crippen molar-refractivity contribution in [1.29, 1.82) is 5.26 Å². The number of aromatic nitrogens is 1. The molecule has 2 rings (SSSR count). The van der Waals surface area contributed by atoms with Crippen LogP contribution in [0.5, 0.6) is 0 Å². The fourth-order valence-corrected chi connectivity index (χ4v) is 3.08. The Morgan fingerprint density at radius 2 is 2.29 bits per heavy atom. The van der Waals surface area contributed by atoms with E-state index in [1.54, 1.807) is 0 Å². The summed E-state index contributed by atoms with van der Waals surface area (Å²) in [7, 11) is 0. The molecule has 2 N–H and O–H groups in total. The van der Waals surface area contributed by atoms with Crippen molar-refractivity contribution in [3.63, 3.8) is 0 Å². The highest BCUT2D eigenvalue weighted by Gasteiger charge is 2.12. The van der Waals surface area contributed by atoms with Crippen LogP contribution in [-0.4, -0.2) is 22.3 Å². The van der Waals surface area contributed by atoms with Gasteiger partial charge in [0.15, 0.2) is 16.5 Å². The third kappa shape index (κ3) is 3.51. The van der Waals surface area contributed by atoms with Crippen LogP contribution in [0.1, 0.15) is 12.5 Å². The molecule has 0 fully saturated rings. The van der Waals surface area contributed by atoms with Gasteiger partial charge in [0.2, 0.25) is 5.91 Å². The smallest absolute Gasteiger partial charge is 0.223 e. The van der Waals surface area contributed by atoms with Crippen molar-refractivity contribution in [2.24, 2.45) is 4.99 Å². The van der Waals surface area contributed by atoms with Crippen LogP contribution in [0.15, 0.2) is 17.1 Å². The first kappa shape index (κ1) is 15.3. The highest BCUT2D eigenvalue weighted by Crippen LogP contribution is 2.36. The minimum atomic E-state index is -0.160. The summed E-state index contributed by atoms with van der Waals surface area (Å²) in [6.45, 7) is 3.39. The van der Waals surface area contributed by atoms with Gasteiger partial charge in [0.25, 0.3) is 0 Å². The molecule has 0 aliphatic carbocycles. The number of nitriles is 1. The molecule has 0 aliphatic rings. The number of thioether (sulfide) groups is 1. The van der Waals surface area contributed by atoms with E-state index in [1.165, 1.54) is 30.0 Å². The number of amidine groups is 1. The van der Waals surface area contributed by atoms with Crippen molar-refractivity contribution in [2.45, 2.75) is 13.8 Å². The van der Waals surface area contributed by atoms with Crippen LogP contribution >= 0.6 is 23.1 Å². The van der Waals surface area contributed by atoms with E-state index in [2.05, 4.69) is 20.6 Å². The molecule has 8 heteroatoms. The van der Waals surface area contributed by atoms with Gasteiger partial charge in [0.1, 0.15) is 0 Å². The summed E-state index contributed by atoms with van der Waals surface area (Å²) in [5.74, 6) is -0.160. The van der Waals surface area contributed by atoms with E-state index in [0.29, 0.717) is 10.3 Å². The molecule has 21 heavy (non-hydrogen) atoms. The van der Waals surface area contributed by atoms with Gasteiger partial charge in [0, 0.05) is 6.92 Å². The summed E-state index contributed by atoms with van der Waals surface area (Å²) >= 11 is 2.72. The van der Waals surface area contributed by atoms with Gasteiger partial charge in [-0.1, -0.05) is 29.2 Å². The summed E-state index contributed by atoms with van der Waals surface area (Å²) in [6, 6.07) is 3.81. The first-order chi connectivity index (χ1) is 10.0. The zero-order valence-corrected chi connectivity index (χ0v) is 13.4. The Bertz CT molecular complexity index is 760. The fraction of sp³-hybridized carbons (Fsp3) is 0.231. The number of carbonyl (C=O) groups excluding carboxylic acids is 1. The van der Waals surface area contributed by atoms with Crippen molar-refractivity contribution >= 4 is 55.2 Å². The van der Waals surface area contributed by atoms with Crippen LogP contribution in [0, 0.1) is 18.4 Å². The number of thiazole rings is 1. The number of carbonyl (C=O) groups is 1. The number of nitrogens with one attached hydrogen (secondary N) is 2. The number of aryl methyl sites for hydroxylation is 1. The average Bonchev–Trinajstić information content (AvgIpc) is 2.82. The molecule has 0 bridgehead atoms. The van der Waals surface area contributed by atoms with Gasteiger partial charge in [-0.05, 0) is 24.8 Å². The zero-order chi connectivity index (χ0) is 15.4. The van der Waals surface area contributed by atoms with Crippen molar-refractivity contribution in [3.8, 4) is 6.19 Å². The largest absolute Gasteiger partial charge is 0.302 e. The second-order valence-electron chi connectivity index (χ2n) is 4.14. The number of nitrogens with zero attached hydrogens (tertiary/aromatic N) is 3. The second-order valence-corrected chi connectivity index (χ2v) is 5.93. The van der Waals surface area contributed by atoms with Gasteiger partial charge in [-0.2, -0.15) is 5.26 Å². The number of aliphatic imine (C=N–C) groups is 1. The van der Waals surface area contributed by atoms with Gasteiger partial charge in [-0.15, -0.1) is 0 Å². The monoisotopic (exact) mass is 319 g/mol. The molecule has 0 unspecified atom stereocenters. The summed E-state index contributed by atoms with van der Waals surface area (Å²) in [5.41, 5.74) is 2.51. The topological polar surface area (TPSA) is 90.2 Å². The number of anilines is 1. The van der Waals surface area contributed by atoms with Crippen LogP contribution in [-0.2, 0) is 4.79 Å². The number of benzene rings is 1. The Morgan fingerprint density at radius 3 is 2.90 bits per heavy atom. The van der Waals surface area contributed by atoms with E-state index in [9.17, 15) is 4.79 Å². The van der Waals surface area contributed by atoms with Crippen LogP contribution < -0.4 is 10.6 Å². The lowest BCUT2D eigenvalue weighted by molar-refractivity contribution is -0.114. The predicted molar refractivity (Wildman–Crippen MR) is 88.0 cm³/mol. The molecular formula is C13H13N5OS2. The molecule has 1 heterocycles. The van der Waals surface area contributed by atoms with Crippen molar-refractivity contribution in [1.82, 2.24) is 10.3 Å². The molecule has 0 aliphatic heterocycles. The zero-order valence-electron chi connectivity index (χ0n) is 11.7. The highest BCUT2D eigenvalue weighted by atomic mass is 32.2. The Morgan fingerprint density at radius 1 is 1.52 bits per heavy atom. The van der Waals surface area contributed by atoms with Crippen LogP contribution in [0.3, 0.4) is 0 Å². The molecular weight excluding hydrogens is 306 g/mol. The van der Waals surface area contributed by atoms with Gasteiger partial charge < -0.3 is 5.32 Å². The summed E-state index contributed by atoms with van der Waals surface area (Å²) in [5, 5.41) is 15.0. The molecule has 1 aromatic carbocycles. The number of amides is 1. The summed E-state index contributed by atoms with van der Waals surface area (Å²) in [4.78, 5) is 20.0. The summed E-state index contributed by atoms with van der Waals surface area (Å²) in [6.07, 6.45) is 3.71. The van der Waals surface area contributed by atoms with Crippen molar-refractivity contribution in [3.05, 3.63) is 17.7 Å². The average molecular weight is 319 g/mol. The lowest BCUT2D eigenvalue weighted by Gasteiger charge is -2.03. The van der Waals surface area contributed by atoms with E-state index >= 15 is 0 Å². The first-order valence-corrected chi connectivity index (χ1v) is 8.04. The van der Waals surface area contributed by atoms with Crippen molar-refractivity contribution < 1.29 is 4.79 Å². The molecule has 0 saturated carbocycles. The molecule has 6 nitrogen and oxygen atoms in total. The predicted octanol–water partition coefficient (Wildman–Crippen LogP) is 2.98. The molecule has 0 saturated heterocycles. The third-order valence-corrected chi connectivity index (χ3v) is 4.16. The SMILES string of the molecule is CSC(=Nc1c(C)ccc2nc(NC(C)=O)sc12)NC#N. The van der Waals surface area contributed by atoms with E-state index < -0.39 is 0 Å². The van der Waals surface area contributed by atoms with E-state index in [-0.39, 0.29) is 5.91 Å². The standard InChI is InChI=1S/C13H13N5OS2/c1-7-4-5-9-11(21-13(17-9)16-8(2)19)10(7)18-12(20-3)15-6-14/h4-5H,1-3H3,(H,15,18)(H,16,17,19). The van der Waals surface area contributed by atoms with Crippen molar-refractivity contribution in [2.75, 3.05) is 11.6 Å². The Hall–Kier alpha value is -2.11. The quantitative estimate of drug-likeness (QED) is 0.384. The normalized spacial score (nSPS) is 11.2. The maximum Gasteiger partial charge on any atom is 0.223 e. The number of hydrogen-bond donors (Lipinski definition) is 2. The fourth-order valence-electron chi connectivity index (χ4n) is 1.69. The van der Waals surface area contributed by atoms with Crippen LogP contribution in [0.4, 0.5) is 10.8 Å². The second kappa shape index (κ2) is 6.56. The number of rotatable bonds is 2. The summed E-state index contributed by atoms with van der Waals surface area (Å²) < 4.78 is 0.880. The number of hydrogen-bond acceptors (Lipinski definition) is 6. The molecule has 0 atom stereocenters. The first-order valence-electron chi connectivity index (χ1n) is 6.00. The van der Waals surface area contributed by atoms with Gasteiger partial charge in [-0.3, -0.25) is 10.1 Å². The van der Waals surface area contributed by atoms with Crippen LogP contribution in [0.2, 0.25) is 0 Å². The third-order valence-electron chi connectivity index (χ3n) is 2.59. The van der Waals surface area contributed by atoms with E-state index in [1.807, 2.05) is 31.5 Å². The Kier molecular flexibility index (Phi) is 4.77. The van der Waals surface area contributed by atoms with Gasteiger partial charge in [0.05, 0.1) is 15.9 Å². The minimum Gasteiger partial charge on any atom is -0.302 e. The lowest BCUT2D eigenvalue weighted by atomic mass is 10.2. The minimum absolute atomic E-state index is 0.160. The molecule has 2 aromatic rings. The maximum atomic E-state index is 11.1.